The van der Waals surface area contributed by atoms with Crippen LogP contribution in [-0.2, 0) is 35.7 Å². The van der Waals surface area contributed by atoms with Gasteiger partial charge in [-0.3, -0.25) is 9.59 Å². The number of aromatic nitrogens is 4. The first-order chi connectivity index (χ1) is 39.5. The topological polar surface area (TPSA) is 199 Å². The van der Waals surface area contributed by atoms with Crippen molar-refractivity contribution in [3.63, 3.8) is 0 Å². The normalized spacial score (nSPS) is 19.8. The van der Waals surface area contributed by atoms with Crippen molar-refractivity contribution >= 4 is 52.5 Å². The van der Waals surface area contributed by atoms with Gasteiger partial charge in [-0.25, -0.2) is 23.4 Å². The van der Waals surface area contributed by atoms with Gasteiger partial charge >= 0.3 is 0 Å². The van der Waals surface area contributed by atoms with E-state index in [4.69, 9.17) is 57.0 Å². The van der Waals surface area contributed by atoms with E-state index in [9.17, 15) is 14.9 Å². The fourth-order valence-electron chi connectivity index (χ4n) is 10.9. The summed E-state index contributed by atoms with van der Waals surface area (Å²) in [5, 5.41) is 28.3. The fourth-order valence-corrected chi connectivity index (χ4v) is 11.2. The van der Waals surface area contributed by atoms with Crippen LogP contribution in [0.5, 0.6) is 5.75 Å². The van der Waals surface area contributed by atoms with Gasteiger partial charge < -0.3 is 49.9 Å². The van der Waals surface area contributed by atoms with E-state index in [1.165, 1.54) is 61.2 Å². The van der Waals surface area contributed by atoms with Crippen LogP contribution in [0, 0.1) is 28.4 Å². The van der Waals surface area contributed by atoms with Crippen molar-refractivity contribution in [3.05, 3.63) is 147 Å². The van der Waals surface area contributed by atoms with Crippen LogP contribution in [-0.4, -0.2) is 130 Å². The molecule has 3 heterocycles. The number of nitrogens with zero attached hydrogens (tertiary/aromatic N) is 6. The molecule has 21 heteroatoms. The summed E-state index contributed by atoms with van der Waals surface area (Å²) in [5.41, 5.74) is 1.07. The van der Waals surface area contributed by atoms with E-state index in [1.54, 1.807) is 6.20 Å². The lowest BCUT2D eigenvalue weighted by Crippen LogP contribution is -2.45. The number of carbonyl (C=O) groups is 2. The molecule has 2 aliphatic rings. The van der Waals surface area contributed by atoms with Crippen LogP contribution in [0.1, 0.15) is 85.8 Å². The van der Waals surface area contributed by atoms with Gasteiger partial charge in [-0.05, 0) is 91.1 Å². The van der Waals surface area contributed by atoms with Crippen LogP contribution in [0.15, 0.2) is 103 Å². The Morgan fingerprint density at radius 1 is 0.890 bits per heavy atom. The number of hydrogen-bond acceptors (Lipinski definition) is 14. The molecule has 82 heavy (non-hydrogen) atoms. The van der Waals surface area contributed by atoms with Crippen LogP contribution < -0.4 is 30.9 Å². The number of halogens is 4. The van der Waals surface area contributed by atoms with Crippen LogP contribution in [0.3, 0.4) is 0 Å². The van der Waals surface area contributed by atoms with Gasteiger partial charge in [0, 0.05) is 61.0 Å². The number of hydrogen-bond donors (Lipinski definition) is 4. The van der Waals surface area contributed by atoms with E-state index in [0.717, 1.165) is 48.8 Å². The van der Waals surface area contributed by atoms with E-state index in [1.807, 2.05) is 70.0 Å². The standard InChI is InChI=1S/C61H72Cl2F2N10O7/c1-60(2,3)35-52-61(38-66,46-21-16-41(62)34-48(46)64)53(44-13-10-14-47(63)54(44)65)55(73-52)57(77)71-50-22-15-40(33-51(50)78-6)56(76)67-25-26-79-27-28-80-29-30-81-31-32-82-43-19-17-42(18-20-43)70-59-68-24-23-49(72-59)45-36-69-75(58(45)74(4)5)37-39-11-8-7-9-12-39/h7-16,21-24,33-34,36,42-43,52-53,55,73H,17-20,25-32,35,37H2,1-6H3,(H,67,76)(H,71,77)(H,68,70,72)/t42?,43?,52?,53?,55-,61+/m1/s1. The molecule has 2 unspecified atom stereocenters. The van der Waals surface area contributed by atoms with Gasteiger partial charge in [-0.1, -0.05) is 92.5 Å². The summed E-state index contributed by atoms with van der Waals surface area (Å²) >= 11 is 12.5. The number of anilines is 3. The van der Waals surface area contributed by atoms with E-state index >= 15 is 8.78 Å². The Balaban J connectivity index is 0.720. The minimum absolute atomic E-state index is 0.0405. The first-order valence-corrected chi connectivity index (χ1v) is 28.3. The average Bonchev–Trinajstić information content (AvgIpc) is 3.60. The summed E-state index contributed by atoms with van der Waals surface area (Å²) in [4.78, 5) is 39.2. The highest BCUT2D eigenvalue weighted by molar-refractivity contribution is 6.31. The first kappa shape index (κ1) is 61.3. The molecule has 0 radical (unpaired) electrons. The molecule has 1 saturated carbocycles. The van der Waals surface area contributed by atoms with E-state index in [0.29, 0.717) is 58.6 Å². The molecular formula is C61H72Cl2F2N10O7. The molecule has 8 rings (SSSR count). The molecule has 0 spiro atoms. The number of benzene rings is 4. The van der Waals surface area contributed by atoms with E-state index in [-0.39, 0.29) is 63.5 Å². The lowest BCUT2D eigenvalue weighted by atomic mass is 9.62. The number of nitriles is 1. The highest BCUT2D eigenvalue weighted by Gasteiger charge is 2.61. The van der Waals surface area contributed by atoms with Gasteiger partial charge in [0.05, 0.1) is 106 Å². The largest absolute Gasteiger partial charge is 0.495 e. The molecule has 436 valence electrons. The third-order valence-corrected chi connectivity index (χ3v) is 15.2. The Morgan fingerprint density at radius 2 is 1.61 bits per heavy atom. The van der Waals surface area contributed by atoms with E-state index < -0.39 is 52.3 Å². The summed E-state index contributed by atoms with van der Waals surface area (Å²) in [6.45, 7) is 9.39. The molecule has 1 saturated heterocycles. The minimum Gasteiger partial charge on any atom is -0.495 e. The Kier molecular flexibility index (Phi) is 21.3. The Morgan fingerprint density at radius 3 is 2.29 bits per heavy atom. The molecule has 2 fully saturated rings. The maximum atomic E-state index is 16.2. The number of rotatable bonds is 26. The lowest BCUT2D eigenvalue weighted by molar-refractivity contribution is -0.118. The molecule has 17 nitrogen and oxygen atoms in total. The van der Waals surface area contributed by atoms with Gasteiger partial charge in [0.25, 0.3) is 5.91 Å². The van der Waals surface area contributed by atoms with Gasteiger partial charge in [0.15, 0.2) is 0 Å². The van der Waals surface area contributed by atoms with Crippen molar-refractivity contribution < 1.29 is 42.1 Å². The molecule has 2 aromatic heterocycles. The summed E-state index contributed by atoms with van der Waals surface area (Å²) in [6.07, 6.45) is 7.85. The predicted octanol–water partition coefficient (Wildman–Crippen LogP) is 10.2. The number of nitrogens with one attached hydrogen (secondary N) is 4. The summed E-state index contributed by atoms with van der Waals surface area (Å²) < 4.78 is 63.1. The molecule has 1 aliphatic heterocycles. The third-order valence-electron chi connectivity index (χ3n) is 14.7. The molecule has 4 N–H and O–H groups in total. The van der Waals surface area contributed by atoms with Gasteiger partial charge in [-0.2, -0.15) is 10.4 Å². The zero-order chi connectivity index (χ0) is 58.4. The zero-order valence-corrected chi connectivity index (χ0v) is 48.7. The number of methoxy groups -OCH3 is 1. The monoisotopic (exact) mass is 1160 g/mol. The van der Waals surface area contributed by atoms with Gasteiger partial charge in [0.1, 0.15) is 28.6 Å². The van der Waals surface area contributed by atoms with Crippen LogP contribution in [0.4, 0.5) is 26.2 Å². The maximum absolute atomic E-state index is 16.2. The van der Waals surface area contributed by atoms with E-state index in [2.05, 4.69) is 49.4 Å². The fraction of sp³-hybridized carbons (Fsp3) is 0.443. The Bertz CT molecular complexity index is 3150. The molecule has 1 aliphatic carbocycles. The summed E-state index contributed by atoms with van der Waals surface area (Å²) in [7, 11) is 5.42. The second-order valence-electron chi connectivity index (χ2n) is 21.9. The average molecular weight is 1170 g/mol. The van der Waals surface area contributed by atoms with Crippen molar-refractivity contribution in [1.82, 2.24) is 30.4 Å². The molecule has 4 aromatic carbocycles. The molecule has 6 aromatic rings. The quantitative estimate of drug-likeness (QED) is 0.0374. The second-order valence-corrected chi connectivity index (χ2v) is 22.7. The summed E-state index contributed by atoms with van der Waals surface area (Å²) in [5.74, 6) is -2.20. The zero-order valence-electron chi connectivity index (χ0n) is 47.2. The Hall–Kier alpha value is -6.76. The van der Waals surface area contributed by atoms with Crippen molar-refractivity contribution in [2.24, 2.45) is 5.41 Å². The van der Waals surface area contributed by atoms with Crippen molar-refractivity contribution in [2.75, 3.05) is 89.5 Å². The van der Waals surface area contributed by atoms with Crippen LogP contribution in [0.25, 0.3) is 11.3 Å². The molecular weight excluding hydrogens is 1090 g/mol. The maximum Gasteiger partial charge on any atom is 0.251 e. The third kappa shape index (κ3) is 15.3. The minimum atomic E-state index is -1.81. The van der Waals surface area contributed by atoms with Crippen molar-refractivity contribution in [3.8, 4) is 23.1 Å². The van der Waals surface area contributed by atoms with Gasteiger partial charge in [0.2, 0.25) is 11.9 Å². The van der Waals surface area contributed by atoms with Crippen LogP contribution in [0.2, 0.25) is 10.0 Å². The first-order valence-electron chi connectivity index (χ1n) is 27.5. The SMILES string of the molecule is COc1cc(C(=O)NCCOCCOCCOCCOC2CCC(Nc3nccc(-c4cnn(Cc5ccccc5)c4N(C)C)n3)CC2)ccc1NC(=O)[C@@H]1NC(CC(C)(C)C)[C@](C#N)(c2ccc(Cl)cc2F)C1c1cccc(Cl)c1F. The summed E-state index contributed by atoms with van der Waals surface area (Å²) in [6, 6.07) is 25.5. The second kappa shape index (κ2) is 28.5. The Labute approximate surface area is 488 Å². The van der Waals surface area contributed by atoms with Crippen molar-refractivity contribution in [1.29, 1.82) is 5.26 Å². The highest BCUT2D eigenvalue weighted by Crippen LogP contribution is 2.53. The number of amides is 2. The smallest absolute Gasteiger partial charge is 0.251 e. The molecule has 4 atom stereocenters. The molecule has 2 amide bonds. The van der Waals surface area contributed by atoms with Crippen molar-refractivity contribution in [2.45, 2.75) is 95.0 Å². The number of carbonyl (C=O) groups excluding carboxylic acids is 2. The lowest BCUT2D eigenvalue weighted by Gasteiger charge is -2.37. The number of ether oxygens (including phenoxy) is 5. The molecule has 0 bridgehead atoms. The van der Waals surface area contributed by atoms with Crippen LogP contribution >= 0.6 is 23.2 Å². The predicted molar refractivity (Wildman–Crippen MR) is 313 cm³/mol. The van der Waals surface area contributed by atoms with Gasteiger partial charge in [-0.15, -0.1) is 0 Å². The highest BCUT2D eigenvalue weighted by atomic mass is 35.5.